The molecule has 3 heterocycles. The number of aromatic hydroxyl groups is 1. The number of carboxylic acids is 2. The van der Waals surface area contributed by atoms with E-state index in [2.05, 4.69) is 5.32 Å². The number of hydrogen-bond acceptors (Lipinski definition) is 13. The van der Waals surface area contributed by atoms with Crippen molar-refractivity contribution in [2.24, 2.45) is 0 Å². The van der Waals surface area contributed by atoms with Crippen LogP contribution < -0.4 is 20.5 Å². The quantitative estimate of drug-likeness (QED) is 0.0259. The minimum Gasteiger partial charge on any atom is -0.744 e. The van der Waals surface area contributed by atoms with Crippen LogP contribution in [0, 0.1) is 0 Å². The number of hydrogen-bond donors (Lipinski definition) is 5. The number of rotatable bonds is 17. The number of nitrogens with one attached hydrogen (secondary N) is 2. The molecule has 4 aromatic rings. The molecular weight excluding hydrogens is 991 g/mol. The first-order valence-electron chi connectivity index (χ1n) is 23.8. The van der Waals surface area contributed by atoms with Crippen molar-refractivity contribution in [3.8, 4) is 28.2 Å². The van der Waals surface area contributed by atoms with E-state index in [1.165, 1.54) is 60.7 Å². The number of carbonyl (C=O) groups excluding carboxylic acids is 1. The molecule has 2 atom stereocenters. The minimum absolute atomic E-state index is 0.0604. The first kappa shape index (κ1) is 52.9. The van der Waals surface area contributed by atoms with Crippen LogP contribution in [-0.4, -0.2) is 78.2 Å². The summed E-state index contributed by atoms with van der Waals surface area (Å²) in [6, 6.07) is 19.5. The fourth-order valence-corrected chi connectivity index (χ4v) is 11.8. The number of carbonyl (C=O) groups is 3. The van der Waals surface area contributed by atoms with Gasteiger partial charge in [-0.05, 0) is 111 Å². The molecule has 1 amide bonds. The maximum absolute atomic E-state index is 13.4. The molecule has 0 bridgehead atoms. The Hall–Kier alpha value is -7.42. The molecule has 0 saturated heterocycles. The molecule has 0 radical (unpaired) electrons. The number of anilines is 1. The van der Waals surface area contributed by atoms with E-state index in [-0.39, 0.29) is 74.1 Å². The number of phenols is 1. The number of nitrogens with zero attached hydrogens (tertiary/aromatic N) is 1. The number of benzene rings is 5. The number of phenolic OH excluding ortho intramolecular Hbond substituents is 1. The van der Waals surface area contributed by atoms with Crippen molar-refractivity contribution in [3.63, 3.8) is 0 Å². The van der Waals surface area contributed by atoms with E-state index in [0.29, 0.717) is 60.1 Å². The van der Waals surface area contributed by atoms with E-state index < -0.39 is 48.4 Å². The maximum atomic E-state index is 13.4. The highest BCUT2D eigenvalue weighted by Crippen LogP contribution is 2.51. The molecule has 0 fully saturated rings. The van der Waals surface area contributed by atoms with Crippen LogP contribution in [0.15, 0.2) is 140 Å². The Kier molecular flexibility index (Phi) is 14.4. The van der Waals surface area contributed by atoms with Gasteiger partial charge >= 0.3 is 11.9 Å². The first-order chi connectivity index (χ1) is 34.9. The van der Waals surface area contributed by atoms with Gasteiger partial charge in [-0.3, -0.25) is 14.5 Å². The van der Waals surface area contributed by atoms with E-state index in [1.54, 1.807) is 18.2 Å². The molecule has 3 aliphatic heterocycles. The van der Waals surface area contributed by atoms with Crippen molar-refractivity contribution in [2.45, 2.75) is 93.5 Å². The molecule has 17 nitrogen and oxygen atoms in total. The molecule has 19 heteroatoms. The lowest BCUT2D eigenvalue weighted by molar-refractivity contribution is -0.848. The molecule has 8 rings (SSSR count). The van der Waals surface area contributed by atoms with Gasteiger partial charge < -0.3 is 39.1 Å². The Labute approximate surface area is 427 Å². The zero-order valence-corrected chi connectivity index (χ0v) is 42.7. The molecule has 386 valence electrons. The number of para-hydroxylation sites is 1. The van der Waals surface area contributed by atoms with Crippen LogP contribution in [0.4, 0.5) is 11.4 Å². The van der Waals surface area contributed by atoms with Gasteiger partial charge in [0.1, 0.15) is 49.1 Å². The SMILES string of the molecule is CC[NH+]1c2ccc(S(=O)(=O)[O-])cc2C(C)(C)C1/C=C/C=C/C=C1/N(CCCCCC(=O)NCc2c(O)ccc3c(-c4ccc(C(=O)O)cc4C(=O)O)c4ccc(=O)cc-4oc23)c2c(cccc2S(=O)(=O)[O-])C1(C)C. The van der Waals surface area contributed by atoms with Crippen LogP contribution in [0.1, 0.15) is 97.7 Å². The molecule has 4 aliphatic rings. The minimum atomic E-state index is -4.89. The van der Waals surface area contributed by atoms with Gasteiger partial charge in [0.05, 0.1) is 50.7 Å². The Morgan fingerprint density at radius 3 is 2.26 bits per heavy atom. The summed E-state index contributed by atoms with van der Waals surface area (Å²) < 4.78 is 79.8. The van der Waals surface area contributed by atoms with E-state index in [1.807, 2.05) is 69.9 Å². The lowest BCUT2D eigenvalue weighted by Crippen LogP contribution is -3.10. The fraction of sp³-hybridized carbons (Fsp3) is 0.273. The van der Waals surface area contributed by atoms with Crippen molar-refractivity contribution in [3.05, 3.63) is 159 Å². The van der Waals surface area contributed by atoms with Gasteiger partial charge in [0, 0.05) is 58.3 Å². The van der Waals surface area contributed by atoms with Crippen LogP contribution in [0.5, 0.6) is 5.75 Å². The molecule has 5 N–H and O–H groups in total. The number of unbranched alkanes of at least 4 members (excludes halogenated alkanes) is 2. The molecule has 1 aliphatic carbocycles. The standard InChI is InChI=1S/C55H55N3O14S2/c1-6-57-42-25-21-34(73(66,67)68)30-41(42)55(4,5)46(57)16-9-7-10-17-47-54(2,3)40-14-13-15-45(74(69,70)71)50(40)58(47)27-12-8-11-18-48(61)56-31-39-43(60)26-24-37-49(36-23-20-33(59)29-44(36)72-51(37)39)35-22-19-32(52(62)63)28-38(35)53(64)65/h7,9-10,13-17,19-26,28-30,46,60H,6,8,11-12,18,27,31H2,1-5H3,(H,56,61)(H,62,63)(H,64,65)(H,66,67,68)(H,69,70,71)/p-1/b10-7+,16-9+,47-17+. The van der Waals surface area contributed by atoms with Gasteiger partial charge in [-0.25, -0.2) is 26.4 Å². The van der Waals surface area contributed by atoms with Crippen molar-refractivity contribution in [2.75, 3.05) is 18.0 Å². The Bertz CT molecular complexity index is 3630. The third-order valence-electron chi connectivity index (χ3n) is 14.2. The summed E-state index contributed by atoms with van der Waals surface area (Å²) in [6.07, 6.45) is 11.0. The number of carboxylic acid groups (broad SMARTS) is 2. The largest absolute Gasteiger partial charge is 0.744 e. The van der Waals surface area contributed by atoms with Crippen LogP contribution >= 0.6 is 0 Å². The zero-order chi connectivity index (χ0) is 53.7. The van der Waals surface area contributed by atoms with Crippen molar-refractivity contribution >= 4 is 60.4 Å². The number of aromatic carboxylic acids is 2. The molecule has 0 aromatic heterocycles. The number of quaternary nitrogens is 1. The average Bonchev–Trinajstić information content (AvgIpc) is 3.69. The predicted molar refractivity (Wildman–Crippen MR) is 274 cm³/mol. The van der Waals surface area contributed by atoms with Crippen molar-refractivity contribution < 1.29 is 65.0 Å². The van der Waals surface area contributed by atoms with Gasteiger partial charge in [-0.1, -0.05) is 56.7 Å². The van der Waals surface area contributed by atoms with E-state index in [9.17, 15) is 60.4 Å². The number of allylic oxidation sites excluding steroid dienone is 5. The van der Waals surface area contributed by atoms with Crippen molar-refractivity contribution in [1.29, 1.82) is 0 Å². The number of fused-ring (bicyclic) bond motifs is 4. The third-order valence-corrected chi connectivity index (χ3v) is 15.9. The summed E-state index contributed by atoms with van der Waals surface area (Å²) in [6.45, 7) is 10.7. The monoisotopic (exact) mass is 1040 g/mol. The van der Waals surface area contributed by atoms with Gasteiger partial charge in [0.2, 0.25) is 5.91 Å². The van der Waals surface area contributed by atoms with E-state index >= 15 is 0 Å². The Morgan fingerprint density at radius 2 is 1.57 bits per heavy atom. The third kappa shape index (κ3) is 10.00. The summed E-state index contributed by atoms with van der Waals surface area (Å²) in [5.74, 6) is -3.29. The average molecular weight is 1050 g/mol. The van der Waals surface area contributed by atoms with E-state index in [4.69, 9.17) is 4.42 Å². The normalized spacial score (nSPS) is 17.7. The summed E-state index contributed by atoms with van der Waals surface area (Å²) >= 11 is 0. The van der Waals surface area contributed by atoms with Gasteiger partial charge in [-0.15, -0.1) is 0 Å². The molecule has 2 unspecified atom stereocenters. The zero-order valence-electron chi connectivity index (χ0n) is 41.1. The lowest BCUT2D eigenvalue weighted by atomic mass is 9.80. The highest BCUT2D eigenvalue weighted by atomic mass is 32.2. The molecular formula is C55H54N3O14S2-. The van der Waals surface area contributed by atoms with Crippen LogP contribution in [0.2, 0.25) is 0 Å². The summed E-state index contributed by atoms with van der Waals surface area (Å²) in [5, 5.41) is 34.0. The fourth-order valence-electron chi connectivity index (χ4n) is 10.6. The highest BCUT2D eigenvalue weighted by Gasteiger charge is 2.47. The summed E-state index contributed by atoms with van der Waals surface area (Å²) in [7, 11) is -9.54. The van der Waals surface area contributed by atoms with Gasteiger partial charge in [0.25, 0.3) is 0 Å². The first-order valence-corrected chi connectivity index (χ1v) is 26.7. The topological polar surface area (TPSA) is 276 Å². The smallest absolute Gasteiger partial charge is 0.336 e. The predicted octanol–water partition coefficient (Wildman–Crippen LogP) is 7.34. The van der Waals surface area contributed by atoms with Crippen molar-refractivity contribution in [1.82, 2.24) is 5.32 Å². The van der Waals surface area contributed by atoms with Gasteiger partial charge in [0.15, 0.2) is 5.43 Å². The summed E-state index contributed by atoms with van der Waals surface area (Å²) in [5.41, 5.74) is 2.17. The summed E-state index contributed by atoms with van der Waals surface area (Å²) in [4.78, 5) is 52.5. The maximum Gasteiger partial charge on any atom is 0.336 e. The van der Waals surface area contributed by atoms with Gasteiger partial charge in [-0.2, -0.15) is 0 Å². The van der Waals surface area contributed by atoms with Crippen LogP contribution in [0.25, 0.3) is 33.4 Å². The second-order valence-corrected chi connectivity index (χ2v) is 22.2. The molecule has 4 aromatic carbocycles. The second-order valence-electron chi connectivity index (χ2n) is 19.5. The second kappa shape index (κ2) is 20.1. The molecule has 0 saturated carbocycles. The van der Waals surface area contributed by atoms with Crippen LogP contribution in [0.3, 0.4) is 0 Å². The molecule has 0 spiro atoms. The number of likely N-dealkylation sites (N-methyl/N-ethyl adjacent to an activating group) is 1. The number of amides is 1. The van der Waals surface area contributed by atoms with Crippen LogP contribution in [-0.2, 0) is 42.4 Å². The molecule has 74 heavy (non-hydrogen) atoms. The highest BCUT2D eigenvalue weighted by molar-refractivity contribution is 7.86. The lowest BCUT2D eigenvalue weighted by Gasteiger charge is -2.28. The Morgan fingerprint density at radius 1 is 0.824 bits per heavy atom. The van der Waals surface area contributed by atoms with E-state index in [0.717, 1.165) is 27.9 Å². The Balaban J connectivity index is 0.983.